The van der Waals surface area contributed by atoms with Crippen molar-refractivity contribution in [2.24, 2.45) is 0 Å². The van der Waals surface area contributed by atoms with Gasteiger partial charge in [-0.2, -0.15) is 13.2 Å². The summed E-state index contributed by atoms with van der Waals surface area (Å²) in [6.45, 7) is -0.0453. The molecule has 1 N–H and O–H groups in total. The average Bonchev–Trinajstić information content (AvgIpc) is 2.59. The summed E-state index contributed by atoms with van der Waals surface area (Å²) >= 11 is 3.36. The van der Waals surface area contributed by atoms with Crippen molar-refractivity contribution in [1.82, 2.24) is 9.71 Å². The molecule has 0 atom stereocenters. The molecule has 4 nitrogen and oxygen atoms in total. The molecule has 0 spiro atoms. The fraction of sp³-hybridized carbons (Fsp3) is 0.118. The molecule has 0 saturated heterocycles. The second-order valence-electron chi connectivity index (χ2n) is 5.49. The zero-order chi connectivity index (χ0) is 18.9. The van der Waals surface area contributed by atoms with Crippen LogP contribution in [0.3, 0.4) is 0 Å². The first-order valence-electron chi connectivity index (χ1n) is 7.37. The minimum Gasteiger partial charge on any atom is -0.256 e. The fourth-order valence-corrected chi connectivity index (χ4v) is 3.97. The quantitative estimate of drug-likeness (QED) is 0.644. The van der Waals surface area contributed by atoms with E-state index in [4.69, 9.17) is 0 Å². The summed E-state index contributed by atoms with van der Waals surface area (Å²) in [6, 6.07) is 10.6. The minimum absolute atomic E-state index is 0.0453. The highest BCUT2D eigenvalue weighted by Crippen LogP contribution is 2.29. The van der Waals surface area contributed by atoms with E-state index in [-0.39, 0.29) is 11.4 Å². The number of sulfonamides is 1. The summed E-state index contributed by atoms with van der Waals surface area (Å²) in [6.07, 6.45) is -2.92. The van der Waals surface area contributed by atoms with Crippen LogP contribution in [0.25, 0.3) is 10.9 Å². The van der Waals surface area contributed by atoms with Gasteiger partial charge in [0.15, 0.2) is 0 Å². The molecule has 0 bridgehead atoms. The lowest BCUT2D eigenvalue weighted by molar-refractivity contribution is -0.137. The Morgan fingerprint density at radius 1 is 1.08 bits per heavy atom. The van der Waals surface area contributed by atoms with E-state index < -0.39 is 21.8 Å². The number of fused-ring (bicyclic) bond motifs is 1. The first kappa shape index (κ1) is 18.8. The van der Waals surface area contributed by atoms with Gasteiger partial charge in [0.25, 0.3) is 0 Å². The van der Waals surface area contributed by atoms with Crippen molar-refractivity contribution in [2.45, 2.75) is 17.6 Å². The smallest absolute Gasteiger partial charge is 0.256 e. The largest absolute Gasteiger partial charge is 0.416 e. The normalized spacial score (nSPS) is 12.5. The standard InChI is InChI=1S/C17H12BrF3N2O2S/c18-14-8-11-2-1-7-22-16(11)12(9-14)10-23-26(24,25)15-5-3-13(4-6-15)17(19,20)21/h1-9,23H,10H2. The SMILES string of the molecule is O=S(=O)(NCc1cc(Br)cc2cccnc12)c1ccc(C(F)(F)F)cc1. The van der Waals surface area contributed by atoms with Gasteiger partial charge in [-0.25, -0.2) is 13.1 Å². The van der Waals surface area contributed by atoms with E-state index in [1.54, 1.807) is 18.3 Å². The molecule has 9 heteroatoms. The van der Waals surface area contributed by atoms with Crippen LogP contribution in [-0.2, 0) is 22.7 Å². The molecule has 3 aromatic rings. The number of hydrogen-bond donors (Lipinski definition) is 1. The Bertz CT molecular complexity index is 1050. The van der Waals surface area contributed by atoms with Gasteiger partial charge < -0.3 is 0 Å². The van der Waals surface area contributed by atoms with E-state index in [1.807, 2.05) is 12.1 Å². The van der Waals surface area contributed by atoms with Crippen LogP contribution in [0.2, 0.25) is 0 Å². The van der Waals surface area contributed by atoms with Crippen LogP contribution in [0.15, 0.2) is 64.1 Å². The Labute approximate surface area is 156 Å². The van der Waals surface area contributed by atoms with Gasteiger partial charge >= 0.3 is 6.18 Å². The van der Waals surface area contributed by atoms with E-state index in [1.165, 1.54) is 0 Å². The summed E-state index contributed by atoms with van der Waals surface area (Å²) in [5.74, 6) is 0. The van der Waals surface area contributed by atoms with Crippen LogP contribution in [0.1, 0.15) is 11.1 Å². The molecule has 0 aliphatic carbocycles. The highest BCUT2D eigenvalue weighted by atomic mass is 79.9. The predicted molar refractivity (Wildman–Crippen MR) is 94.9 cm³/mol. The summed E-state index contributed by atoms with van der Waals surface area (Å²) in [5.41, 5.74) is 0.384. The van der Waals surface area contributed by atoms with Crippen LogP contribution >= 0.6 is 15.9 Å². The first-order valence-corrected chi connectivity index (χ1v) is 9.64. The summed E-state index contributed by atoms with van der Waals surface area (Å²) in [5, 5.41) is 0.839. The van der Waals surface area contributed by atoms with E-state index in [2.05, 4.69) is 25.6 Å². The van der Waals surface area contributed by atoms with Gasteiger partial charge in [0, 0.05) is 22.6 Å². The molecule has 0 saturated carbocycles. The lowest BCUT2D eigenvalue weighted by atomic mass is 10.1. The average molecular weight is 445 g/mol. The topological polar surface area (TPSA) is 59.1 Å². The van der Waals surface area contributed by atoms with E-state index in [9.17, 15) is 21.6 Å². The number of benzene rings is 2. The Morgan fingerprint density at radius 3 is 2.42 bits per heavy atom. The number of rotatable bonds is 4. The predicted octanol–water partition coefficient (Wildman–Crippen LogP) is 4.49. The van der Waals surface area contributed by atoms with Gasteiger partial charge in [0.05, 0.1) is 16.0 Å². The minimum atomic E-state index is -4.52. The molecule has 1 aromatic heterocycles. The van der Waals surface area contributed by atoms with Crippen molar-refractivity contribution in [2.75, 3.05) is 0 Å². The summed E-state index contributed by atoms with van der Waals surface area (Å²) in [4.78, 5) is 4.02. The summed E-state index contributed by atoms with van der Waals surface area (Å²) < 4.78 is 65.7. The highest BCUT2D eigenvalue weighted by molar-refractivity contribution is 9.10. The van der Waals surface area contributed by atoms with E-state index >= 15 is 0 Å². The molecule has 26 heavy (non-hydrogen) atoms. The number of hydrogen-bond acceptors (Lipinski definition) is 3. The van der Waals surface area contributed by atoms with Gasteiger partial charge in [-0.1, -0.05) is 22.0 Å². The van der Waals surface area contributed by atoms with Crippen molar-refractivity contribution in [3.63, 3.8) is 0 Å². The van der Waals surface area contributed by atoms with Crippen LogP contribution in [-0.4, -0.2) is 13.4 Å². The van der Waals surface area contributed by atoms with Crippen molar-refractivity contribution in [3.8, 4) is 0 Å². The maximum Gasteiger partial charge on any atom is 0.416 e. The Balaban J connectivity index is 1.85. The van der Waals surface area contributed by atoms with E-state index in [0.717, 1.165) is 34.1 Å². The number of nitrogens with one attached hydrogen (secondary N) is 1. The van der Waals surface area contributed by atoms with Crippen LogP contribution in [0.5, 0.6) is 0 Å². The molecule has 136 valence electrons. The highest BCUT2D eigenvalue weighted by Gasteiger charge is 2.30. The molecule has 0 fully saturated rings. The van der Waals surface area contributed by atoms with Gasteiger partial charge in [-0.15, -0.1) is 0 Å². The van der Waals surface area contributed by atoms with Crippen molar-refractivity contribution >= 4 is 36.9 Å². The number of halogens is 4. The molecular weight excluding hydrogens is 433 g/mol. The molecule has 0 aliphatic heterocycles. The molecule has 0 radical (unpaired) electrons. The third-order valence-corrected chi connectivity index (χ3v) is 5.57. The second kappa shape index (κ2) is 6.98. The van der Waals surface area contributed by atoms with Crippen LogP contribution < -0.4 is 4.72 Å². The molecule has 1 heterocycles. The van der Waals surface area contributed by atoms with Crippen molar-refractivity contribution in [1.29, 1.82) is 0 Å². The van der Waals surface area contributed by atoms with Gasteiger partial charge in [0.2, 0.25) is 10.0 Å². The van der Waals surface area contributed by atoms with Crippen LogP contribution in [0.4, 0.5) is 13.2 Å². The number of pyridine rings is 1. The Morgan fingerprint density at radius 2 is 1.77 bits per heavy atom. The summed E-state index contributed by atoms with van der Waals surface area (Å²) in [7, 11) is -3.96. The van der Waals surface area contributed by atoms with E-state index in [0.29, 0.717) is 11.1 Å². The van der Waals surface area contributed by atoms with Crippen molar-refractivity contribution < 1.29 is 21.6 Å². The molecule has 0 amide bonds. The maximum absolute atomic E-state index is 12.6. The second-order valence-corrected chi connectivity index (χ2v) is 8.17. The zero-order valence-electron chi connectivity index (χ0n) is 13.1. The third-order valence-electron chi connectivity index (χ3n) is 3.69. The Hall–Kier alpha value is -1.97. The number of alkyl halides is 3. The van der Waals surface area contributed by atoms with Gasteiger partial charge in [-0.3, -0.25) is 4.98 Å². The molecule has 3 rings (SSSR count). The van der Waals surface area contributed by atoms with Crippen molar-refractivity contribution in [3.05, 3.63) is 70.3 Å². The van der Waals surface area contributed by atoms with Crippen LogP contribution in [0, 0.1) is 0 Å². The lowest BCUT2D eigenvalue weighted by Gasteiger charge is -2.11. The molecular formula is C17H12BrF3N2O2S. The maximum atomic E-state index is 12.6. The molecule has 0 unspecified atom stereocenters. The molecule has 0 aliphatic rings. The lowest BCUT2D eigenvalue weighted by Crippen LogP contribution is -2.23. The third kappa shape index (κ3) is 4.05. The monoisotopic (exact) mass is 444 g/mol. The zero-order valence-corrected chi connectivity index (χ0v) is 15.5. The Kier molecular flexibility index (Phi) is 5.05. The first-order chi connectivity index (χ1) is 12.2. The number of nitrogens with zero attached hydrogens (tertiary/aromatic N) is 1. The van der Waals surface area contributed by atoms with Gasteiger partial charge in [-0.05, 0) is 48.0 Å². The number of aromatic nitrogens is 1. The molecule has 2 aromatic carbocycles. The fourth-order valence-electron chi connectivity index (χ4n) is 2.44. The van der Waals surface area contributed by atoms with Gasteiger partial charge in [0.1, 0.15) is 0 Å².